The lowest BCUT2D eigenvalue weighted by molar-refractivity contribution is -0.134. The van der Waals surface area contributed by atoms with Gasteiger partial charge in [0.15, 0.2) is 0 Å². The molecule has 142 valence electrons. The van der Waals surface area contributed by atoms with Crippen LogP contribution < -0.4 is 10.6 Å². The monoisotopic (exact) mass is 357 g/mol. The van der Waals surface area contributed by atoms with Gasteiger partial charge < -0.3 is 15.4 Å². The number of carbonyl (C=O) groups excluding carboxylic acids is 1. The molecule has 2 saturated heterocycles. The quantitative estimate of drug-likeness (QED) is 0.845. The van der Waals surface area contributed by atoms with Crippen LogP contribution in [-0.2, 0) is 22.6 Å². The molecule has 0 spiro atoms. The standard InChI is InChI=1S/C21H31N3O2/c25-20(21-7-2-1-6-19(21)14-22-16-21)23-13-17-4-3-5-18(12-17)15-24-8-10-26-11-9-24/h3-5,12,19,22H,1-2,6-11,13-16H2,(H,23,25)/t19-,21+/m0/s1. The number of nitrogens with one attached hydrogen (secondary N) is 2. The highest BCUT2D eigenvalue weighted by molar-refractivity contribution is 5.83. The van der Waals surface area contributed by atoms with Gasteiger partial charge in [0.2, 0.25) is 5.91 Å². The van der Waals surface area contributed by atoms with E-state index in [-0.39, 0.29) is 11.3 Å². The number of nitrogens with zero attached hydrogens (tertiary/aromatic N) is 1. The number of hydrogen-bond acceptors (Lipinski definition) is 4. The summed E-state index contributed by atoms with van der Waals surface area (Å²) < 4.78 is 5.42. The molecule has 0 radical (unpaired) electrons. The van der Waals surface area contributed by atoms with E-state index in [0.29, 0.717) is 12.5 Å². The van der Waals surface area contributed by atoms with E-state index in [1.54, 1.807) is 0 Å². The smallest absolute Gasteiger partial charge is 0.228 e. The predicted molar refractivity (Wildman–Crippen MR) is 102 cm³/mol. The number of ether oxygens (including phenoxy) is 1. The Morgan fingerprint density at radius 2 is 2.12 bits per heavy atom. The molecule has 1 aromatic carbocycles. The number of morpholine rings is 1. The van der Waals surface area contributed by atoms with Gasteiger partial charge in [0.1, 0.15) is 0 Å². The van der Waals surface area contributed by atoms with Crippen molar-refractivity contribution in [1.29, 1.82) is 0 Å². The average Bonchev–Trinajstić information content (AvgIpc) is 3.12. The molecule has 3 aliphatic rings. The zero-order valence-electron chi connectivity index (χ0n) is 15.6. The third kappa shape index (κ3) is 3.80. The number of hydrogen-bond donors (Lipinski definition) is 2. The second-order valence-corrected chi connectivity index (χ2v) is 8.12. The third-order valence-corrected chi connectivity index (χ3v) is 6.44. The summed E-state index contributed by atoms with van der Waals surface area (Å²) in [7, 11) is 0. The van der Waals surface area contributed by atoms with Crippen molar-refractivity contribution in [1.82, 2.24) is 15.5 Å². The van der Waals surface area contributed by atoms with Crippen molar-refractivity contribution in [2.75, 3.05) is 39.4 Å². The Labute approximate surface area is 156 Å². The maximum absolute atomic E-state index is 13.0. The SMILES string of the molecule is O=C(NCc1cccc(CN2CCOCC2)c1)[C@@]12CCCC[C@H]1CNC2. The van der Waals surface area contributed by atoms with E-state index in [2.05, 4.69) is 39.8 Å². The van der Waals surface area contributed by atoms with Crippen LogP contribution in [0.1, 0.15) is 36.8 Å². The van der Waals surface area contributed by atoms with Crippen LogP contribution in [0.2, 0.25) is 0 Å². The fourth-order valence-electron chi connectivity index (χ4n) is 4.90. The van der Waals surface area contributed by atoms with E-state index < -0.39 is 0 Å². The Kier molecular flexibility index (Phi) is 5.57. The molecule has 5 heteroatoms. The van der Waals surface area contributed by atoms with E-state index in [1.165, 1.54) is 30.4 Å². The maximum Gasteiger partial charge on any atom is 0.228 e. The molecular weight excluding hydrogens is 326 g/mol. The first-order valence-electron chi connectivity index (χ1n) is 10.1. The van der Waals surface area contributed by atoms with Crippen LogP contribution in [0.15, 0.2) is 24.3 Å². The summed E-state index contributed by atoms with van der Waals surface area (Å²) >= 11 is 0. The van der Waals surface area contributed by atoms with Gasteiger partial charge in [-0.3, -0.25) is 9.69 Å². The lowest BCUT2D eigenvalue weighted by Crippen LogP contribution is -2.47. The molecule has 1 aliphatic carbocycles. The highest BCUT2D eigenvalue weighted by atomic mass is 16.5. The van der Waals surface area contributed by atoms with Gasteiger partial charge in [0, 0.05) is 32.7 Å². The molecular formula is C21H31N3O2. The van der Waals surface area contributed by atoms with Crippen LogP contribution in [0, 0.1) is 11.3 Å². The van der Waals surface area contributed by atoms with Gasteiger partial charge in [0.05, 0.1) is 18.6 Å². The highest BCUT2D eigenvalue weighted by Crippen LogP contribution is 2.43. The van der Waals surface area contributed by atoms with Crippen molar-refractivity contribution >= 4 is 5.91 Å². The molecule has 1 aromatic rings. The minimum atomic E-state index is -0.163. The van der Waals surface area contributed by atoms with Crippen molar-refractivity contribution < 1.29 is 9.53 Å². The Bertz CT molecular complexity index is 629. The summed E-state index contributed by atoms with van der Waals surface area (Å²) in [6.45, 7) is 7.09. The fraction of sp³-hybridized carbons (Fsp3) is 0.667. The van der Waals surface area contributed by atoms with E-state index in [9.17, 15) is 4.79 Å². The molecule has 2 atom stereocenters. The van der Waals surface area contributed by atoms with Crippen LogP contribution in [0.25, 0.3) is 0 Å². The van der Waals surface area contributed by atoms with Crippen LogP contribution in [0.3, 0.4) is 0 Å². The summed E-state index contributed by atoms with van der Waals surface area (Å²) in [4.78, 5) is 15.4. The first kappa shape index (κ1) is 18.0. The molecule has 0 unspecified atom stereocenters. The molecule has 0 aromatic heterocycles. The molecule has 3 fully saturated rings. The van der Waals surface area contributed by atoms with Gasteiger partial charge in [-0.05, 0) is 36.4 Å². The summed E-state index contributed by atoms with van der Waals surface area (Å²) in [6, 6.07) is 8.64. The Morgan fingerprint density at radius 1 is 1.27 bits per heavy atom. The topological polar surface area (TPSA) is 53.6 Å². The van der Waals surface area contributed by atoms with Crippen LogP contribution in [0.5, 0.6) is 0 Å². The van der Waals surface area contributed by atoms with Gasteiger partial charge in [0.25, 0.3) is 0 Å². The van der Waals surface area contributed by atoms with E-state index in [4.69, 9.17) is 4.74 Å². The van der Waals surface area contributed by atoms with Gasteiger partial charge in [-0.15, -0.1) is 0 Å². The summed E-state index contributed by atoms with van der Waals surface area (Å²) in [5, 5.41) is 6.71. The van der Waals surface area contributed by atoms with Crippen molar-refractivity contribution in [2.24, 2.45) is 11.3 Å². The second-order valence-electron chi connectivity index (χ2n) is 8.12. The van der Waals surface area contributed by atoms with Gasteiger partial charge in [-0.1, -0.05) is 37.1 Å². The van der Waals surface area contributed by atoms with Crippen molar-refractivity contribution in [3.05, 3.63) is 35.4 Å². The van der Waals surface area contributed by atoms with Gasteiger partial charge in [-0.2, -0.15) is 0 Å². The largest absolute Gasteiger partial charge is 0.379 e. The van der Waals surface area contributed by atoms with Crippen LogP contribution in [-0.4, -0.2) is 50.2 Å². The summed E-state index contributed by atoms with van der Waals surface area (Å²) in [5.41, 5.74) is 2.35. The zero-order chi connectivity index (χ0) is 17.8. The Balaban J connectivity index is 1.35. The molecule has 4 rings (SSSR count). The molecule has 0 bridgehead atoms. The minimum Gasteiger partial charge on any atom is -0.379 e. The Hall–Kier alpha value is -1.43. The predicted octanol–water partition coefficient (Wildman–Crippen LogP) is 1.91. The van der Waals surface area contributed by atoms with Crippen molar-refractivity contribution in [3.8, 4) is 0 Å². The van der Waals surface area contributed by atoms with E-state index in [0.717, 1.165) is 52.4 Å². The molecule has 2 heterocycles. The maximum atomic E-state index is 13.0. The lowest BCUT2D eigenvalue weighted by Gasteiger charge is -2.37. The number of benzene rings is 1. The molecule has 26 heavy (non-hydrogen) atoms. The molecule has 1 amide bonds. The lowest BCUT2D eigenvalue weighted by atomic mass is 9.67. The van der Waals surface area contributed by atoms with Crippen LogP contribution >= 0.6 is 0 Å². The fourth-order valence-corrected chi connectivity index (χ4v) is 4.90. The average molecular weight is 357 g/mol. The first-order valence-corrected chi connectivity index (χ1v) is 10.1. The zero-order valence-corrected chi connectivity index (χ0v) is 15.6. The summed E-state index contributed by atoms with van der Waals surface area (Å²) in [5.74, 6) is 0.773. The molecule has 1 saturated carbocycles. The van der Waals surface area contributed by atoms with Gasteiger partial charge in [-0.25, -0.2) is 0 Å². The highest BCUT2D eigenvalue weighted by Gasteiger charge is 2.49. The normalized spacial score (nSPS) is 29.3. The van der Waals surface area contributed by atoms with E-state index in [1.807, 2.05) is 0 Å². The first-order chi connectivity index (χ1) is 12.8. The van der Waals surface area contributed by atoms with Gasteiger partial charge >= 0.3 is 0 Å². The van der Waals surface area contributed by atoms with Crippen molar-refractivity contribution in [2.45, 2.75) is 38.8 Å². The minimum absolute atomic E-state index is 0.163. The second kappa shape index (κ2) is 8.07. The third-order valence-electron chi connectivity index (χ3n) is 6.44. The number of fused-ring (bicyclic) bond motifs is 1. The number of carbonyl (C=O) groups is 1. The van der Waals surface area contributed by atoms with E-state index >= 15 is 0 Å². The molecule has 2 N–H and O–H groups in total. The Morgan fingerprint density at radius 3 is 3.00 bits per heavy atom. The number of rotatable bonds is 5. The van der Waals surface area contributed by atoms with Crippen LogP contribution in [0.4, 0.5) is 0 Å². The number of amides is 1. The van der Waals surface area contributed by atoms with Crippen molar-refractivity contribution in [3.63, 3.8) is 0 Å². The molecule has 2 aliphatic heterocycles. The molecule has 5 nitrogen and oxygen atoms in total. The summed E-state index contributed by atoms with van der Waals surface area (Å²) in [6.07, 6.45) is 4.68.